The van der Waals surface area contributed by atoms with Crippen LogP contribution in [0.4, 0.5) is 11.4 Å². The number of amides is 2. The normalized spacial score (nSPS) is 16.6. The molecule has 0 spiro atoms. The number of methoxy groups -OCH3 is 2. The number of nitrogens with zero attached hydrogens (tertiary/aromatic N) is 1. The first-order valence-electron chi connectivity index (χ1n) is 9.95. The molecule has 3 aromatic rings. The van der Waals surface area contributed by atoms with Gasteiger partial charge in [-0.05, 0) is 60.7 Å². The number of carbonyl (C=O) groups is 2. The number of benzene rings is 2. The van der Waals surface area contributed by atoms with Crippen LogP contribution in [0.3, 0.4) is 0 Å². The molecule has 7 heteroatoms. The number of anilines is 2. The predicted octanol–water partition coefficient (Wildman–Crippen LogP) is 4.08. The van der Waals surface area contributed by atoms with E-state index in [1.54, 1.807) is 38.5 Å². The molecule has 32 heavy (non-hydrogen) atoms. The highest BCUT2D eigenvalue weighted by molar-refractivity contribution is 6.35. The molecule has 2 aromatic carbocycles. The van der Waals surface area contributed by atoms with E-state index in [-0.39, 0.29) is 11.8 Å². The predicted molar refractivity (Wildman–Crippen MR) is 123 cm³/mol. The average Bonchev–Trinajstić information content (AvgIpc) is 3.28. The van der Waals surface area contributed by atoms with Crippen LogP contribution in [0.2, 0.25) is 0 Å². The van der Waals surface area contributed by atoms with Crippen LogP contribution in [-0.2, 0) is 9.59 Å². The van der Waals surface area contributed by atoms with Gasteiger partial charge in [0.05, 0.1) is 36.8 Å². The Morgan fingerprint density at radius 2 is 1.19 bits per heavy atom. The van der Waals surface area contributed by atoms with Crippen LogP contribution in [-0.4, -0.2) is 31.0 Å². The zero-order chi connectivity index (χ0) is 22.2. The van der Waals surface area contributed by atoms with Gasteiger partial charge in [-0.15, -0.1) is 0 Å². The molecule has 0 saturated carbocycles. The van der Waals surface area contributed by atoms with Crippen molar-refractivity contribution in [3.05, 3.63) is 77.1 Å². The number of hydrogen-bond donors (Lipinski definition) is 2. The molecule has 7 nitrogen and oxygen atoms in total. The summed E-state index contributed by atoms with van der Waals surface area (Å²) in [6.45, 7) is 0. The van der Waals surface area contributed by atoms with E-state index in [2.05, 4.69) is 15.6 Å². The van der Waals surface area contributed by atoms with Crippen molar-refractivity contribution in [2.24, 2.45) is 0 Å². The highest BCUT2D eigenvalue weighted by atomic mass is 16.5. The SMILES string of the molecule is COc1ccc2c(c1)/C(=C\c1cccc(/C=C3/C(=O)Nc4ccc(OC)cc43)n1)C(=O)N2. The molecule has 2 N–H and O–H groups in total. The molecule has 2 amide bonds. The van der Waals surface area contributed by atoms with Gasteiger partial charge in [0.25, 0.3) is 11.8 Å². The molecule has 0 saturated heterocycles. The lowest BCUT2D eigenvalue weighted by atomic mass is 10.0. The quantitative estimate of drug-likeness (QED) is 0.615. The van der Waals surface area contributed by atoms with E-state index in [0.29, 0.717) is 34.0 Å². The van der Waals surface area contributed by atoms with Crippen LogP contribution in [0.1, 0.15) is 22.5 Å². The number of fused-ring (bicyclic) bond motifs is 2. The minimum atomic E-state index is -0.199. The number of hydrogen-bond acceptors (Lipinski definition) is 5. The molecular formula is C25H19N3O4. The maximum atomic E-state index is 12.5. The van der Waals surface area contributed by atoms with Crippen LogP contribution in [0.25, 0.3) is 23.3 Å². The third-order valence-corrected chi connectivity index (χ3v) is 5.40. The van der Waals surface area contributed by atoms with Crippen molar-refractivity contribution in [2.45, 2.75) is 0 Å². The summed E-state index contributed by atoms with van der Waals surface area (Å²) in [5.41, 5.74) is 5.19. The fraction of sp³-hybridized carbons (Fsp3) is 0.0800. The Hall–Kier alpha value is -4.39. The molecule has 0 atom stereocenters. The van der Waals surface area contributed by atoms with Crippen molar-refractivity contribution < 1.29 is 19.1 Å². The highest BCUT2D eigenvalue weighted by Crippen LogP contribution is 2.37. The number of rotatable bonds is 4. The third kappa shape index (κ3) is 3.39. The van der Waals surface area contributed by atoms with Crippen molar-refractivity contribution in [2.75, 3.05) is 24.9 Å². The van der Waals surface area contributed by atoms with Crippen LogP contribution in [0.15, 0.2) is 54.6 Å². The summed E-state index contributed by atoms with van der Waals surface area (Å²) >= 11 is 0. The smallest absolute Gasteiger partial charge is 0.256 e. The molecule has 1 aromatic heterocycles. The van der Waals surface area contributed by atoms with E-state index < -0.39 is 0 Å². The lowest BCUT2D eigenvalue weighted by Gasteiger charge is -2.04. The molecular weight excluding hydrogens is 406 g/mol. The van der Waals surface area contributed by atoms with Crippen molar-refractivity contribution in [1.82, 2.24) is 4.98 Å². The van der Waals surface area contributed by atoms with Gasteiger partial charge in [0.15, 0.2) is 0 Å². The lowest BCUT2D eigenvalue weighted by Crippen LogP contribution is -2.04. The van der Waals surface area contributed by atoms with Crippen molar-refractivity contribution in [3.8, 4) is 11.5 Å². The van der Waals surface area contributed by atoms with Crippen molar-refractivity contribution in [1.29, 1.82) is 0 Å². The second-order valence-corrected chi connectivity index (χ2v) is 7.33. The molecule has 0 bridgehead atoms. The first-order valence-corrected chi connectivity index (χ1v) is 9.95. The molecule has 3 heterocycles. The van der Waals surface area contributed by atoms with Crippen molar-refractivity contribution >= 4 is 46.5 Å². The Balaban J connectivity index is 1.53. The summed E-state index contributed by atoms with van der Waals surface area (Å²) < 4.78 is 10.6. The van der Waals surface area contributed by atoms with Gasteiger partial charge in [0, 0.05) is 22.5 Å². The molecule has 2 aliphatic rings. The molecule has 2 aliphatic heterocycles. The average molecular weight is 425 g/mol. The molecule has 5 rings (SSSR count). The van der Waals surface area contributed by atoms with Gasteiger partial charge in [-0.1, -0.05) is 6.07 Å². The van der Waals surface area contributed by atoms with E-state index in [1.165, 1.54) is 0 Å². The maximum Gasteiger partial charge on any atom is 0.256 e. The Kier molecular flexibility index (Phi) is 4.71. The summed E-state index contributed by atoms with van der Waals surface area (Å²) in [5, 5.41) is 5.71. The van der Waals surface area contributed by atoms with E-state index in [9.17, 15) is 9.59 Å². The standard InChI is InChI=1S/C25H19N3O4/c1-31-16-6-8-22-18(12-16)20(24(29)27-22)10-14-4-3-5-15(26-14)11-21-19-13-17(32-2)7-9-23(19)28-25(21)30/h3-13H,1-2H3,(H,27,29)(H,28,30)/b20-10+,21-11+. The minimum Gasteiger partial charge on any atom is -0.497 e. The summed E-state index contributed by atoms with van der Waals surface area (Å²) in [4.78, 5) is 29.7. The van der Waals surface area contributed by atoms with Crippen LogP contribution < -0.4 is 20.1 Å². The van der Waals surface area contributed by atoms with Gasteiger partial charge < -0.3 is 20.1 Å². The fourth-order valence-electron chi connectivity index (χ4n) is 3.80. The summed E-state index contributed by atoms with van der Waals surface area (Å²) in [7, 11) is 3.17. The second-order valence-electron chi connectivity index (χ2n) is 7.33. The topological polar surface area (TPSA) is 89.6 Å². The minimum absolute atomic E-state index is 0.199. The van der Waals surface area contributed by atoms with Crippen LogP contribution in [0, 0.1) is 0 Å². The first-order chi connectivity index (χ1) is 15.6. The number of aromatic nitrogens is 1. The first kappa shape index (κ1) is 19.6. The van der Waals surface area contributed by atoms with Gasteiger partial charge in [-0.2, -0.15) is 0 Å². The molecule has 0 radical (unpaired) electrons. The zero-order valence-corrected chi connectivity index (χ0v) is 17.4. The number of ether oxygens (including phenoxy) is 2. The van der Waals surface area contributed by atoms with Gasteiger partial charge >= 0.3 is 0 Å². The molecule has 0 fully saturated rings. The van der Waals surface area contributed by atoms with Crippen LogP contribution in [0.5, 0.6) is 11.5 Å². The fourth-order valence-corrected chi connectivity index (χ4v) is 3.80. The van der Waals surface area contributed by atoms with Gasteiger partial charge in [-0.3, -0.25) is 9.59 Å². The number of carbonyl (C=O) groups excluding carboxylic acids is 2. The van der Waals surface area contributed by atoms with Gasteiger partial charge in [-0.25, -0.2) is 4.98 Å². The molecule has 0 unspecified atom stereocenters. The maximum absolute atomic E-state index is 12.5. The Labute approximate surface area is 184 Å². The number of nitrogens with one attached hydrogen (secondary N) is 2. The zero-order valence-electron chi connectivity index (χ0n) is 17.4. The Morgan fingerprint density at radius 1 is 0.719 bits per heavy atom. The van der Waals surface area contributed by atoms with E-state index in [0.717, 1.165) is 22.5 Å². The molecule has 0 aliphatic carbocycles. The van der Waals surface area contributed by atoms with E-state index in [1.807, 2.05) is 42.5 Å². The van der Waals surface area contributed by atoms with Gasteiger partial charge in [0.1, 0.15) is 11.5 Å². The van der Waals surface area contributed by atoms with Crippen LogP contribution >= 0.6 is 0 Å². The van der Waals surface area contributed by atoms with E-state index >= 15 is 0 Å². The van der Waals surface area contributed by atoms with Gasteiger partial charge in [0.2, 0.25) is 0 Å². The molecule has 158 valence electrons. The monoisotopic (exact) mass is 425 g/mol. The summed E-state index contributed by atoms with van der Waals surface area (Å²) in [6.07, 6.45) is 3.46. The Morgan fingerprint density at radius 3 is 1.62 bits per heavy atom. The summed E-state index contributed by atoms with van der Waals surface area (Å²) in [5.74, 6) is 0.933. The number of pyridine rings is 1. The van der Waals surface area contributed by atoms with Crippen molar-refractivity contribution in [3.63, 3.8) is 0 Å². The highest BCUT2D eigenvalue weighted by Gasteiger charge is 2.26. The second kappa shape index (κ2) is 7.70. The lowest BCUT2D eigenvalue weighted by molar-refractivity contribution is -0.111. The summed E-state index contributed by atoms with van der Waals surface area (Å²) in [6, 6.07) is 16.3. The van der Waals surface area contributed by atoms with E-state index in [4.69, 9.17) is 9.47 Å². The Bertz CT molecular complexity index is 1240. The largest absolute Gasteiger partial charge is 0.497 e. The third-order valence-electron chi connectivity index (χ3n) is 5.40.